The summed E-state index contributed by atoms with van der Waals surface area (Å²) in [4.78, 5) is 3.95. The Morgan fingerprint density at radius 1 is 1.47 bits per heavy atom. The van der Waals surface area contributed by atoms with Crippen LogP contribution >= 0.6 is 0 Å². The highest BCUT2D eigenvalue weighted by molar-refractivity contribution is 5.37. The van der Waals surface area contributed by atoms with Crippen LogP contribution in [-0.4, -0.2) is 9.55 Å². The Labute approximate surface area is 87.4 Å². The molecule has 1 heterocycles. The number of nitrogens with zero attached hydrogens (tertiary/aromatic N) is 2. The lowest BCUT2D eigenvalue weighted by Crippen LogP contribution is -2.06. The van der Waals surface area contributed by atoms with Crippen LogP contribution in [-0.2, 0) is 6.54 Å². The van der Waals surface area contributed by atoms with E-state index in [0.717, 1.165) is 11.3 Å². The molecule has 15 heavy (non-hydrogen) atoms. The Morgan fingerprint density at radius 2 is 2.27 bits per heavy atom. The molecular formula is C11H12FN3. The highest BCUT2D eigenvalue weighted by Gasteiger charge is 2.07. The second-order valence-electron chi connectivity index (χ2n) is 3.41. The van der Waals surface area contributed by atoms with Gasteiger partial charge in [-0.3, -0.25) is 4.57 Å². The fourth-order valence-corrected chi connectivity index (χ4v) is 1.50. The predicted octanol–water partition coefficient (Wildman–Crippen LogP) is 1.78. The summed E-state index contributed by atoms with van der Waals surface area (Å²) < 4.78 is 15.3. The lowest BCUT2D eigenvalue weighted by atomic mass is 10.2. The molecule has 2 N–H and O–H groups in total. The molecule has 2 aromatic rings. The Kier molecular flexibility index (Phi) is 2.51. The van der Waals surface area contributed by atoms with Crippen molar-refractivity contribution in [2.24, 2.45) is 5.73 Å². The topological polar surface area (TPSA) is 43.8 Å². The van der Waals surface area contributed by atoms with E-state index in [1.54, 1.807) is 23.2 Å². The van der Waals surface area contributed by atoms with E-state index in [4.69, 9.17) is 5.73 Å². The van der Waals surface area contributed by atoms with Crippen LogP contribution in [0.25, 0.3) is 5.69 Å². The average molecular weight is 205 g/mol. The summed E-state index contributed by atoms with van der Waals surface area (Å²) >= 11 is 0. The van der Waals surface area contributed by atoms with Crippen molar-refractivity contribution >= 4 is 0 Å². The number of aryl methyl sites for hydroxylation is 1. The van der Waals surface area contributed by atoms with Crippen molar-refractivity contribution in [1.29, 1.82) is 0 Å². The van der Waals surface area contributed by atoms with Crippen molar-refractivity contribution in [1.82, 2.24) is 9.55 Å². The van der Waals surface area contributed by atoms with E-state index in [2.05, 4.69) is 4.98 Å². The average Bonchev–Trinajstić information content (AvgIpc) is 2.65. The quantitative estimate of drug-likeness (QED) is 0.812. The van der Waals surface area contributed by atoms with Gasteiger partial charge in [0, 0.05) is 12.7 Å². The molecule has 0 aliphatic carbocycles. The zero-order valence-electron chi connectivity index (χ0n) is 8.44. The minimum absolute atomic E-state index is 0.261. The number of aromatic nitrogens is 2. The third-order valence-electron chi connectivity index (χ3n) is 2.29. The Morgan fingerprint density at radius 3 is 2.93 bits per heavy atom. The third kappa shape index (κ3) is 1.76. The van der Waals surface area contributed by atoms with Crippen molar-refractivity contribution < 1.29 is 4.39 Å². The van der Waals surface area contributed by atoms with Gasteiger partial charge in [-0.05, 0) is 24.6 Å². The van der Waals surface area contributed by atoms with Crippen LogP contribution in [0.2, 0.25) is 0 Å². The van der Waals surface area contributed by atoms with Gasteiger partial charge in [0.25, 0.3) is 0 Å². The maximum Gasteiger partial charge on any atom is 0.147 e. The summed E-state index contributed by atoms with van der Waals surface area (Å²) in [6.45, 7) is 2.19. The molecule has 3 nitrogen and oxygen atoms in total. The molecule has 0 aliphatic heterocycles. The number of rotatable bonds is 2. The van der Waals surface area contributed by atoms with Crippen LogP contribution in [0.5, 0.6) is 0 Å². The Hall–Kier alpha value is -1.68. The Balaban J connectivity index is 2.54. The summed E-state index contributed by atoms with van der Waals surface area (Å²) in [5.74, 6) is -0.261. The van der Waals surface area contributed by atoms with Crippen molar-refractivity contribution in [3.8, 4) is 5.69 Å². The maximum absolute atomic E-state index is 13.6. The third-order valence-corrected chi connectivity index (χ3v) is 2.29. The van der Waals surface area contributed by atoms with E-state index in [1.165, 1.54) is 6.07 Å². The minimum atomic E-state index is -0.261. The molecule has 0 aliphatic rings. The van der Waals surface area contributed by atoms with E-state index in [1.807, 2.05) is 13.0 Å². The molecule has 2 rings (SSSR count). The van der Waals surface area contributed by atoms with Gasteiger partial charge >= 0.3 is 0 Å². The molecule has 78 valence electrons. The molecule has 0 fully saturated rings. The molecule has 0 saturated heterocycles. The minimum Gasteiger partial charge on any atom is -0.325 e. The van der Waals surface area contributed by atoms with Crippen molar-refractivity contribution in [2.75, 3.05) is 0 Å². The van der Waals surface area contributed by atoms with E-state index in [0.29, 0.717) is 12.2 Å². The van der Waals surface area contributed by atoms with Gasteiger partial charge in [0.05, 0.1) is 17.7 Å². The number of hydrogen-bond donors (Lipinski definition) is 1. The maximum atomic E-state index is 13.6. The number of nitrogens with two attached hydrogens (primary N) is 1. The number of hydrogen-bond acceptors (Lipinski definition) is 2. The molecule has 1 aromatic carbocycles. The van der Waals surface area contributed by atoms with Crippen LogP contribution in [0.15, 0.2) is 30.7 Å². The summed E-state index contributed by atoms with van der Waals surface area (Å²) in [6, 6.07) is 5.08. The first-order valence-corrected chi connectivity index (χ1v) is 4.70. The van der Waals surface area contributed by atoms with Gasteiger partial charge < -0.3 is 5.73 Å². The van der Waals surface area contributed by atoms with Gasteiger partial charge in [-0.25, -0.2) is 9.37 Å². The fourth-order valence-electron chi connectivity index (χ4n) is 1.50. The van der Waals surface area contributed by atoms with Gasteiger partial charge in [0.2, 0.25) is 0 Å². The van der Waals surface area contributed by atoms with Crippen LogP contribution < -0.4 is 5.73 Å². The molecule has 0 amide bonds. The Bertz CT molecular complexity index is 476. The van der Waals surface area contributed by atoms with E-state index < -0.39 is 0 Å². The predicted molar refractivity (Wildman–Crippen MR) is 56.2 cm³/mol. The fraction of sp³-hybridized carbons (Fsp3) is 0.182. The number of halogens is 1. The summed E-state index contributed by atoms with van der Waals surface area (Å²) in [7, 11) is 0. The lowest BCUT2D eigenvalue weighted by molar-refractivity contribution is 0.614. The van der Waals surface area contributed by atoms with Crippen molar-refractivity contribution in [2.45, 2.75) is 13.5 Å². The molecule has 1 aromatic heterocycles. The molecule has 0 spiro atoms. The highest BCUT2D eigenvalue weighted by Crippen LogP contribution is 2.16. The highest BCUT2D eigenvalue weighted by atomic mass is 19.1. The van der Waals surface area contributed by atoms with Gasteiger partial charge in [-0.1, -0.05) is 6.07 Å². The first kappa shape index (κ1) is 9.86. The molecule has 0 unspecified atom stereocenters. The smallest absolute Gasteiger partial charge is 0.147 e. The molecule has 4 heteroatoms. The molecule has 0 bridgehead atoms. The number of benzene rings is 1. The lowest BCUT2D eigenvalue weighted by Gasteiger charge is -2.08. The van der Waals surface area contributed by atoms with Crippen molar-refractivity contribution in [3.63, 3.8) is 0 Å². The van der Waals surface area contributed by atoms with E-state index >= 15 is 0 Å². The summed E-state index contributed by atoms with van der Waals surface area (Å²) in [5.41, 5.74) is 7.70. The zero-order valence-corrected chi connectivity index (χ0v) is 8.44. The standard InChI is InChI=1S/C11H12FN3/c1-8-2-3-11(10(12)4-8)15-7-14-6-9(15)5-13/h2-4,6-7H,5,13H2,1H3. The summed E-state index contributed by atoms with van der Waals surface area (Å²) in [6.07, 6.45) is 3.20. The summed E-state index contributed by atoms with van der Waals surface area (Å²) in [5, 5.41) is 0. The van der Waals surface area contributed by atoms with Gasteiger partial charge in [0.15, 0.2) is 0 Å². The van der Waals surface area contributed by atoms with Crippen LogP contribution in [0.4, 0.5) is 4.39 Å². The van der Waals surface area contributed by atoms with E-state index in [-0.39, 0.29) is 5.82 Å². The largest absolute Gasteiger partial charge is 0.325 e. The first-order chi connectivity index (χ1) is 7.22. The number of imidazole rings is 1. The normalized spacial score (nSPS) is 10.6. The van der Waals surface area contributed by atoms with Gasteiger partial charge in [0.1, 0.15) is 5.82 Å². The molecule has 0 radical (unpaired) electrons. The first-order valence-electron chi connectivity index (χ1n) is 4.70. The second-order valence-corrected chi connectivity index (χ2v) is 3.41. The van der Waals surface area contributed by atoms with Gasteiger partial charge in [-0.2, -0.15) is 0 Å². The van der Waals surface area contributed by atoms with Crippen LogP contribution in [0.1, 0.15) is 11.3 Å². The second kappa shape index (κ2) is 3.82. The monoisotopic (exact) mass is 205 g/mol. The van der Waals surface area contributed by atoms with E-state index in [9.17, 15) is 4.39 Å². The zero-order chi connectivity index (χ0) is 10.8. The van der Waals surface area contributed by atoms with Crippen LogP contribution in [0.3, 0.4) is 0 Å². The van der Waals surface area contributed by atoms with Gasteiger partial charge in [-0.15, -0.1) is 0 Å². The van der Waals surface area contributed by atoms with Crippen LogP contribution in [0, 0.1) is 12.7 Å². The molecule has 0 atom stereocenters. The molecular weight excluding hydrogens is 193 g/mol. The van der Waals surface area contributed by atoms with Crippen molar-refractivity contribution in [3.05, 3.63) is 47.8 Å². The molecule has 0 saturated carbocycles. The SMILES string of the molecule is Cc1ccc(-n2cncc2CN)c(F)c1.